The van der Waals surface area contributed by atoms with Gasteiger partial charge in [-0.1, -0.05) is 12.1 Å². The Hall–Kier alpha value is -4.04. The van der Waals surface area contributed by atoms with Gasteiger partial charge in [0.15, 0.2) is 11.5 Å². The van der Waals surface area contributed by atoms with Gasteiger partial charge in [-0.05, 0) is 61.5 Å². The summed E-state index contributed by atoms with van der Waals surface area (Å²) >= 11 is 1.58. The van der Waals surface area contributed by atoms with E-state index in [1.54, 1.807) is 22.1 Å². The number of thiazole rings is 1. The molecule has 0 spiro atoms. The van der Waals surface area contributed by atoms with E-state index in [0.717, 1.165) is 32.9 Å². The van der Waals surface area contributed by atoms with Crippen LogP contribution in [0.1, 0.15) is 16.2 Å². The summed E-state index contributed by atoms with van der Waals surface area (Å²) in [5.74, 6) is 0.378. The first kappa shape index (κ1) is 20.8. The monoisotopic (exact) mass is 454 g/mol. The van der Waals surface area contributed by atoms with Gasteiger partial charge in [-0.25, -0.2) is 14.6 Å². The van der Waals surface area contributed by atoms with Crippen molar-refractivity contribution >= 4 is 38.8 Å². The molecule has 5 rings (SSSR count). The van der Waals surface area contributed by atoms with Crippen LogP contribution in [0, 0.1) is 6.92 Å². The molecule has 3 heterocycles. The number of nitrogens with zero attached hydrogens (tertiary/aromatic N) is 5. The fourth-order valence-corrected chi connectivity index (χ4v) is 4.29. The van der Waals surface area contributed by atoms with Gasteiger partial charge < -0.3 is 10.2 Å². The molecule has 0 aliphatic carbocycles. The number of aromatic nitrogens is 4. The minimum Gasteiger partial charge on any atom is -0.378 e. The number of hydrogen-bond donors (Lipinski definition) is 1. The van der Waals surface area contributed by atoms with E-state index in [1.165, 1.54) is 0 Å². The van der Waals surface area contributed by atoms with Gasteiger partial charge in [0.25, 0.3) is 5.91 Å². The summed E-state index contributed by atoms with van der Waals surface area (Å²) in [4.78, 5) is 24.1. The molecule has 8 heteroatoms. The zero-order chi connectivity index (χ0) is 22.9. The van der Waals surface area contributed by atoms with Gasteiger partial charge in [-0.15, -0.1) is 11.3 Å². The van der Waals surface area contributed by atoms with Gasteiger partial charge in [0, 0.05) is 36.7 Å². The quantitative estimate of drug-likeness (QED) is 0.396. The van der Waals surface area contributed by atoms with E-state index in [2.05, 4.69) is 26.4 Å². The Labute approximate surface area is 195 Å². The highest BCUT2D eigenvalue weighted by Gasteiger charge is 2.18. The lowest BCUT2D eigenvalue weighted by molar-refractivity contribution is 0.102. The average Bonchev–Trinajstić information content (AvgIpc) is 3.46. The lowest BCUT2D eigenvalue weighted by Gasteiger charge is -2.12. The van der Waals surface area contributed by atoms with Crippen molar-refractivity contribution in [3.63, 3.8) is 0 Å². The molecule has 0 aliphatic rings. The third-order valence-electron chi connectivity index (χ3n) is 5.30. The van der Waals surface area contributed by atoms with Crippen LogP contribution in [0.2, 0.25) is 0 Å². The van der Waals surface area contributed by atoms with Gasteiger partial charge in [-0.3, -0.25) is 4.79 Å². The van der Waals surface area contributed by atoms with Crippen molar-refractivity contribution in [3.05, 3.63) is 83.6 Å². The van der Waals surface area contributed by atoms with Crippen molar-refractivity contribution in [1.29, 1.82) is 0 Å². The number of carbonyl (C=O) groups excluding carboxylic acids is 1. The zero-order valence-electron chi connectivity index (χ0n) is 18.5. The highest BCUT2D eigenvalue weighted by Crippen LogP contribution is 2.29. The smallest absolute Gasteiger partial charge is 0.276 e. The first-order valence-electron chi connectivity index (χ1n) is 10.4. The number of amides is 1. The summed E-state index contributed by atoms with van der Waals surface area (Å²) in [6.45, 7) is 1.93. The van der Waals surface area contributed by atoms with Crippen molar-refractivity contribution in [2.75, 3.05) is 24.3 Å². The molecule has 0 atom stereocenters. The van der Waals surface area contributed by atoms with Crippen molar-refractivity contribution in [1.82, 2.24) is 19.7 Å². The Kier molecular flexibility index (Phi) is 5.35. The Morgan fingerprint density at radius 3 is 2.61 bits per heavy atom. The van der Waals surface area contributed by atoms with Crippen LogP contribution in [0.3, 0.4) is 0 Å². The fourth-order valence-electron chi connectivity index (χ4n) is 3.57. The lowest BCUT2D eigenvalue weighted by atomic mass is 10.1. The number of carbonyl (C=O) groups is 1. The van der Waals surface area contributed by atoms with Gasteiger partial charge in [-0.2, -0.15) is 5.10 Å². The molecule has 0 saturated carbocycles. The lowest BCUT2D eigenvalue weighted by Crippen LogP contribution is -2.14. The van der Waals surface area contributed by atoms with E-state index in [0.29, 0.717) is 17.2 Å². The van der Waals surface area contributed by atoms with Crippen LogP contribution in [-0.2, 0) is 0 Å². The SMILES string of the molecule is Cc1cccc(-n2nc(C(=O)Nc3ccc(N(C)C)cc3)cc2-c2ccc3ncsc3c2)n1. The van der Waals surface area contributed by atoms with Gasteiger partial charge in [0.1, 0.15) is 0 Å². The molecule has 33 heavy (non-hydrogen) atoms. The molecule has 0 saturated heterocycles. The van der Waals surface area contributed by atoms with E-state index in [1.807, 2.05) is 86.0 Å². The highest BCUT2D eigenvalue weighted by atomic mass is 32.1. The minimum absolute atomic E-state index is 0.279. The number of benzene rings is 2. The maximum absolute atomic E-state index is 13.1. The number of aryl methyl sites for hydroxylation is 1. The molecule has 0 unspecified atom stereocenters. The standard InChI is InChI=1S/C25H22N6OS/c1-16-5-4-6-24(27-16)31-22(17-7-12-20-23(13-17)33-15-26-20)14-21(29-31)25(32)28-18-8-10-19(11-9-18)30(2)3/h4-15H,1-3H3,(H,28,32). The molecule has 0 fully saturated rings. The number of fused-ring (bicyclic) bond motifs is 1. The second kappa shape index (κ2) is 8.48. The number of hydrogen-bond acceptors (Lipinski definition) is 6. The summed E-state index contributed by atoms with van der Waals surface area (Å²) < 4.78 is 2.80. The van der Waals surface area contributed by atoms with E-state index in [-0.39, 0.29) is 5.91 Å². The van der Waals surface area contributed by atoms with Crippen molar-refractivity contribution in [3.8, 4) is 17.1 Å². The number of nitrogens with one attached hydrogen (secondary N) is 1. The predicted molar refractivity (Wildman–Crippen MR) is 133 cm³/mol. The maximum atomic E-state index is 13.1. The second-order valence-electron chi connectivity index (χ2n) is 7.89. The van der Waals surface area contributed by atoms with E-state index >= 15 is 0 Å². The highest BCUT2D eigenvalue weighted by molar-refractivity contribution is 7.16. The Morgan fingerprint density at radius 2 is 1.85 bits per heavy atom. The molecule has 7 nitrogen and oxygen atoms in total. The van der Waals surface area contributed by atoms with Crippen LogP contribution in [0.25, 0.3) is 27.3 Å². The molecule has 0 aliphatic heterocycles. The van der Waals surface area contributed by atoms with E-state index in [9.17, 15) is 4.79 Å². The summed E-state index contributed by atoms with van der Waals surface area (Å²) in [6, 6.07) is 21.3. The number of anilines is 2. The Balaban J connectivity index is 1.54. The summed E-state index contributed by atoms with van der Waals surface area (Å²) in [7, 11) is 3.95. The van der Waals surface area contributed by atoms with Crippen LogP contribution < -0.4 is 10.2 Å². The predicted octanol–water partition coefficient (Wildman–Crippen LogP) is 5.17. The third-order valence-corrected chi connectivity index (χ3v) is 6.09. The molecule has 2 aromatic carbocycles. The largest absolute Gasteiger partial charge is 0.378 e. The molecular weight excluding hydrogens is 432 g/mol. The summed E-state index contributed by atoms with van der Waals surface area (Å²) in [5, 5.41) is 7.57. The van der Waals surface area contributed by atoms with Crippen LogP contribution in [0.15, 0.2) is 72.2 Å². The van der Waals surface area contributed by atoms with Gasteiger partial charge >= 0.3 is 0 Å². The molecular formula is C25H22N6OS. The Bertz CT molecular complexity index is 1450. The second-order valence-corrected chi connectivity index (χ2v) is 8.78. The molecule has 0 radical (unpaired) electrons. The molecule has 1 N–H and O–H groups in total. The van der Waals surface area contributed by atoms with Crippen LogP contribution in [0.4, 0.5) is 11.4 Å². The minimum atomic E-state index is -0.279. The topological polar surface area (TPSA) is 75.9 Å². The summed E-state index contributed by atoms with van der Waals surface area (Å²) in [6.07, 6.45) is 0. The number of rotatable bonds is 5. The maximum Gasteiger partial charge on any atom is 0.276 e. The molecule has 1 amide bonds. The van der Waals surface area contributed by atoms with Crippen molar-refractivity contribution < 1.29 is 4.79 Å². The van der Waals surface area contributed by atoms with Gasteiger partial charge in [0.05, 0.1) is 21.4 Å². The Morgan fingerprint density at radius 1 is 1.03 bits per heavy atom. The number of pyridine rings is 1. The van der Waals surface area contributed by atoms with Crippen LogP contribution in [0.5, 0.6) is 0 Å². The van der Waals surface area contributed by atoms with Gasteiger partial charge in [0.2, 0.25) is 0 Å². The molecule has 3 aromatic heterocycles. The normalized spacial score (nSPS) is 11.0. The molecule has 5 aromatic rings. The molecule has 164 valence electrons. The third kappa shape index (κ3) is 4.20. The van der Waals surface area contributed by atoms with Crippen LogP contribution in [-0.4, -0.2) is 39.8 Å². The zero-order valence-corrected chi connectivity index (χ0v) is 19.3. The van der Waals surface area contributed by atoms with E-state index < -0.39 is 0 Å². The van der Waals surface area contributed by atoms with E-state index in [4.69, 9.17) is 0 Å². The average molecular weight is 455 g/mol. The van der Waals surface area contributed by atoms with Crippen molar-refractivity contribution in [2.45, 2.75) is 6.92 Å². The fraction of sp³-hybridized carbons (Fsp3) is 0.120. The first-order valence-corrected chi connectivity index (χ1v) is 11.3. The van der Waals surface area contributed by atoms with Crippen LogP contribution >= 0.6 is 11.3 Å². The molecule has 0 bridgehead atoms. The summed E-state index contributed by atoms with van der Waals surface area (Å²) in [5.41, 5.74) is 7.46. The first-order chi connectivity index (χ1) is 16.0. The van der Waals surface area contributed by atoms with Crippen molar-refractivity contribution in [2.24, 2.45) is 0 Å².